The quantitative estimate of drug-likeness (QED) is 0.688. The fourth-order valence-electron chi connectivity index (χ4n) is 0.917. The second-order valence-corrected chi connectivity index (χ2v) is 2.31. The summed E-state index contributed by atoms with van der Waals surface area (Å²) in [6.45, 7) is 0. The van der Waals surface area contributed by atoms with Crippen LogP contribution >= 0.6 is 0 Å². The van der Waals surface area contributed by atoms with Gasteiger partial charge >= 0.3 is 5.97 Å². The number of carboxylic acids is 1. The van der Waals surface area contributed by atoms with E-state index in [1.807, 2.05) is 0 Å². The van der Waals surface area contributed by atoms with Gasteiger partial charge in [-0.25, -0.2) is 0 Å². The molecule has 0 saturated carbocycles. The number of aliphatic carboxylic acids is 1. The number of rotatable bonds is 3. The number of carboxylic acid groups (broad SMARTS) is 1. The Morgan fingerprint density at radius 2 is 2.58 bits per heavy atom. The highest BCUT2D eigenvalue weighted by Crippen LogP contribution is 2.19. The van der Waals surface area contributed by atoms with Gasteiger partial charge in [0, 0.05) is 6.42 Å². The molecule has 0 amide bonds. The van der Waals surface area contributed by atoms with Gasteiger partial charge in [0.1, 0.15) is 11.7 Å². The minimum absolute atomic E-state index is 0.156. The molecule has 0 aliphatic heterocycles. The smallest absolute Gasteiger partial charge is 0.315 e. The molecule has 1 N–H and O–H groups in total. The molecule has 0 aliphatic carbocycles. The zero-order chi connectivity index (χ0) is 8.97. The Labute approximate surface area is 70.0 Å². The molecule has 0 aliphatic rings. The second-order valence-electron chi connectivity index (χ2n) is 2.31. The normalized spacial score (nSPS) is 11.9. The van der Waals surface area contributed by atoms with E-state index >= 15 is 0 Å². The van der Waals surface area contributed by atoms with E-state index in [2.05, 4.69) is 5.92 Å². The van der Waals surface area contributed by atoms with Crippen LogP contribution in [0.2, 0.25) is 0 Å². The highest BCUT2D eigenvalue weighted by Gasteiger charge is 2.20. The van der Waals surface area contributed by atoms with Gasteiger partial charge in [0.05, 0.1) is 6.26 Å². The number of hydrogen-bond donors (Lipinski definition) is 1. The van der Waals surface area contributed by atoms with E-state index in [-0.39, 0.29) is 6.42 Å². The predicted molar refractivity (Wildman–Crippen MR) is 42.5 cm³/mol. The first kappa shape index (κ1) is 8.41. The van der Waals surface area contributed by atoms with Crippen molar-refractivity contribution in [3.8, 4) is 12.3 Å². The summed E-state index contributed by atoms with van der Waals surface area (Å²) in [5, 5.41) is 8.72. The van der Waals surface area contributed by atoms with Crippen LogP contribution in [0.3, 0.4) is 0 Å². The molecule has 0 bridgehead atoms. The lowest BCUT2D eigenvalue weighted by Crippen LogP contribution is -2.09. The largest absolute Gasteiger partial charge is 0.481 e. The van der Waals surface area contributed by atoms with Crippen LogP contribution in [0.1, 0.15) is 18.1 Å². The van der Waals surface area contributed by atoms with Gasteiger partial charge in [-0.05, 0) is 12.1 Å². The number of furan rings is 1. The summed E-state index contributed by atoms with van der Waals surface area (Å²) in [6, 6.07) is 3.25. The first-order valence-electron chi connectivity index (χ1n) is 3.45. The van der Waals surface area contributed by atoms with Crippen molar-refractivity contribution >= 4 is 5.97 Å². The third-order valence-electron chi connectivity index (χ3n) is 1.51. The molecule has 62 valence electrons. The summed E-state index contributed by atoms with van der Waals surface area (Å²) in [6.07, 6.45) is 6.61. The van der Waals surface area contributed by atoms with Crippen LogP contribution in [0.25, 0.3) is 0 Å². The lowest BCUT2D eigenvalue weighted by Gasteiger charge is -2.03. The van der Waals surface area contributed by atoms with Crippen molar-refractivity contribution in [1.82, 2.24) is 0 Å². The zero-order valence-corrected chi connectivity index (χ0v) is 6.36. The topological polar surface area (TPSA) is 50.4 Å². The van der Waals surface area contributed by atoms with Crippen molar-refractivity contribution in [3.63, 3.8) is 0 Å². The molecule has 0 fully saturated rings. The first-order chi connectivity index (χ1) is 5.75. The highest BCUT2D eigenvalue weighted by atomic mass is 16.4. The molecule has 12 heavy (non-hydrogen) atoms. The van der Waals surface area contributed by atoms with Gasteiger partial charge in [-0.1, -0.05) is 0 Å². The second kappa shape index (κ2) is 3.63. The van der Waals surface area contributed by atoms with Gasteiger partial charge in [-0.15, -0.1) is 12.3 Å². The summed E-state index contributed by atoms with van der Waals surface area (Å²) in [7, 11) is 0. The van der Waals surface area contributed by atoms with E-state index in [1.165, 1.54) is 6.26 Å². The number of terminal acetylenes is 1. The van der Waals surface area contributed by atoms with E-state index in [4.69, 9.17) is 15.9 Å². The summed E-state index contributed by atoms with van der Waals surface area (Å²) in [4.78, 5) is 10.6. The van der Waals surface area contributed by atoms with Gasteiger partial charge in [-0.3, -0.25) is 4.79 Å². The maximum Gasteiger partial charge on any atom is 0.315 e. The van der Waals surface area contributed by atoms with Crippen LogP contribution in [0.5, 0.6) is 0 Å². The Bertz CT molecular complexity index is 292. The standard InChI is InChI=1S/C9H8O3/c1-2-4-7(9(10)11)8-5-3-6-12-8/h1,3,5-7H,4H2,(H,10,11). The molecule has 1 aromatic heterocycles. The minimum atomic E-state index is -0.956. The van der Waals surface area contributed by atoms with E-state index in [1.54, 1.807) is 12.1 Å². The Morgan fingerprint density at radius 3 is 3.00 bits per heavy atom. The fraction of sp³-hybridized carbons (Fsp3) is 0.222. The van der Waals surface area contributed by atoms with Crippen LogP contribution < -0.4 is 0 Å². The summed E-state index contributed by atoms with van der Waals surface area (Å²) >= 11 is 0. The van der Waals surface area contributed by atoms with Crippen LogP contribution in [-0.4, -0.2) is 11.1 Å². The molecule has 0 spiro atoms. The molecule has 0 radical (unpaired) electrons. The van der Waals surface area contributed by atoms with Crippen LogP contribution in [0.4, 0.5) is 0 Å². The lowest BCUT2D eigenvalue weighted by atomic mass is 10.0. The van der Waals surface area contributed by atoms with Crippen molar-refractivity contribution in [2.24, 2.45) is 0 Å². The minimum Gasteiger partial charge on any atom is -0.481 e. The molecule has 3 heteroatoms. The monoisotopic (exact) mass is 164 g/mol. The predicted octanol–water partition coefficient (Wildman–Crippen LogP) is 1.47. The molecular weight excluding hydrogens is 156 g/mol. The molecule has 1 heterocycles. The maximum atomic E-state index is 10.6. The Kier molecular flexibility index (Phi) is 2.54. The summed E-state index contributed by atoms with van der Waals surface area (Å²) in [5.41, 5.74) is 0. The molecular formula is C9H8O3. The van der Waals surface area contributed by atoms with Gasteiger partial charge in [0.2, 0.25) is 0 Å². The lowest BCUT2D eigenvalue weighted by molar-refractivity contribution is -0.139. The molecule has 3 nitrogen and oxygen atoms in total. The van der Waals surface area contributed by atoms with Crippen LogP contribution in [0.15, 0.2) is 22.8 Å². The Morgan fingerprint density at radius 1 is 1.83 bits per heavy atom. The zero-order valence-electron chi connectivity index (χ0n) is 6.36. The van der Waals surface area contributed by atoms with Crippen molar-refractivity contribution in [3.05, 3.63) is 24.2 Å². The van der Waals surface area contributed by atoms with Gasteiger partial charge in [-0.2, -0.15) is 0 Å². The van der Waals surface area contributed by atoms with E-state index in [0.717, 1.165) is 0 Å². The van der Waals surface area contributed by atoms with E-state index in [9.17, 15) is 4.79 Å². The molecule has 1 rings (SSSR count). The summed E-state index contributed by atoms with van der Waals surface area (Å²) < 4.78 is 4.93. The van der Waals surface area contributed by atoms with Crippen molar-refractivity contribution in [1.29, 1.82) is 0 Å². The maximum absolute atomic E-state index is 10.6. The average molecular weight is 164 g/mol. The Hall–Kier alpha value is -1.69. The van der Waals surface area contributed by atoms with E-state index in [0.29, 0.717) is 5.76 Å². The molecule has 0 aromatic carbocycles. The fourth-order valence-corrected chi connectivity index (χ4v) is 0.917. The summed E-state index contributed by atoms with van der Waals surface area (Å²) in [5.74, 6) is 1.03. The number of carbonyl (C=O) groups is 1. The van der Waals surface area contributed by atoms with Gasteiger partial charge in [0.25, 0.3) is 0 Å². The Balaban J connectivity index is 2.82. The van der Waals surface area contributed by atoms with Crippen LogP contribution in [0, 0.1) is 12.3 Å². The number of hydrogen-bond acceptors (Lipinski definition) is 2. The van der Waals surface area contributed by atoms with Crippen molar-refractivity contribution in [2.45, 2.75) is 12.3 Å². The third kappa shape index (κ3) is 1.67. The van der Waals surface area contributed by atoms with Crippen molar-refractivity contribution < 1.29 is 14.3 Å². The molecule has 0 saturated heterocycles. The highest BCUT2D eigenvalue weighted by molar-refractivity contribution is 5.75. The molecule has 1 unspecified atom stereocenters. The van der Waals surface area contributed by atoms with Crippen molar-refractivity contribution in [2.75, 3.05) is 0 Å². The SMILES string of the molecule is C#CCC(C(=O)O)c1ccco1. The first-order valence-corrected chi connectivity index (χ1v) is 3.45. The molecule has 1 aromatic rings. The third-order valence-corrected chi connectivity index (χ3v) is 1.51. The van der Waals surface area contributed by atoms with Gasteiger partial charge in [0.15, 0.2) is 0 Å². The van der Waals surface area contributed by atoms with E-state index < -0.39 is 11.9 Å². The van der Waals surface area contributed by atoms with Crippen LogP contribution in [-0.2, 0) is 4.79 Å². The molecule has 1 atom stereocenters. The average Bonchev–Trinajstić information content (AvgIpc) is 2.51. The van der Waals surface area contributed by atoms with Gasteiger partial charge < -0.3 is 9.52 Å².